The maximum Gasteiger partial charge on any atom is 0.0764 e. The number of aryl methyl sites for hydroxylation is 1. The molecule has 0 spiro atoms. The van der Waals surface area contributed by atoms with Crippen molar-refractivity contribution < 1.29 is 0 Å². The molecule has 1 aromatic rings. The smallest absolute Gasteiger partial charge is 0.0764 e. The third-order valence-corrected chi connectivity index (χ3v) is 3.18. The molecule has 0 saturated heterocycles. The van der Waals surface area contributed by atoms with Crippen molar-refractivity contribution in [3.05, 3.63) is 18.0 Å². The normalized spacial score (nSPS) is 12.4. The Balaban J connectivity index is 2.61. The van der Waals surface area contributed by atoms with Gasteiger partial charge in [0.15, 0.2) is 0 Å². The molecule has 0 aromatic carbocycles. The van der Waals surface area contributed by atoms with Crippen LogP contribution in [0, 0.1) is 0 Å². The predicted octanol–water partition coefficient (Wildman–Crippen LogP) is 1.87. The standard InChI is InChI=1S/C10H18ClN3/c1-10(2,8-11)13(3)7-9-5-6-14(4)12-9/h5-6H,7-8H2,1-4H3. The number of halogens is 1. The van der Waals surface area contributed by atoms with Crippen molar-refractivity contribution in [1.29, 1.82) is 0 Å². The fraction of sp³-hybridized carbons (Fsp3) is 0.700. The monoisotopic (exact) mass is 215 g/mol. The lowest BCUT2D eigenvalue weighted by Crippen LogP contribution is -2.42. The first-order valence-corrected chi connectivity index (χ1v) is 5.25. The lowest BCUT2D eigenvalue weighted by atomic mass is 10.1. The van der Waals surface area contributed by atoms with Crippen molar-refractivity contribution in [3.63, 3.8) is 0 Å². The number of nitrogens with zero attached hydrogens (tertiary/aromatic N) is 3. The Morgan fingerprint density at radius 2 is 2.21 bits per heavy atom. The molecular formula is C10H18ClN3. The van der Waals surface area contributed by atoms with Gasteiger partial charge >= 0.3 is 0 Å². The molecule has 0 aliphatic carbocycles. The Morgan fingerprint density at radius 1 is 1.57 bits per heavy atom. The SMILES string of the molecule is CN(Cc1ccn(C)n1)C(C)(C)CCl. The van der Waals surface area contributed by atoms with Gasteiger partial charge in [-0.3, -0.25) is 9.58 Å². The summed E-state index contributed by atoms with van der Waals surface area (Å²) in [7, 11) is 3.99. The van der Waals surface area contributed by atoms with Crippen LogP contribution in [0.5, 0.6) is 0 Å². The second-order valence-corrected chi connectivity index (χ2v) is 4.55. The highest BCUT2D eigenvalue weighted by molar-refractivity contribution is 6.18. The minimum Gasteiger partial charge on any atom is -0.294 e. The van der Waals surface area contributed by atoms with E-state index in [1.54, 1.807) is 0 Å². The Labute approximate surface area is 90.7 Å². The van der Waals surface area contributed by atoms with Crippen molar-refractivity contribution >= 4 is 11.6 Å². The topological polar surface area (TPSA) is 21.1 Å². The summed E-state index contributed by atoms with van der Waals surface area (Å²) in [6.45, 7) is 5.09. The Bertz CT molecular complexity index is 293. The van der Waals surface area contributed by atoms with Crippen LogP contribution in [0.3, 0.4) is 0 Å². The zero-order valence-electron chi connectivity index (χ0n) is 9.29. The van der Waals surface area contributed by atoms with Crippen LogP contribution in [0.15, 0.2) is 12.3 Å². The molecule has 0 unspecified atom stereocenters. The van der Waals surface area contributed by atoms with E-state index in [2.05, 4.69) is 30.9 Å². The predicted molar refractivity (Wildman–Crippen MR) is 59.5 cm³/mol. The van der Waals surface area contributed by atoms with Crippen LogP contribution >= 0.6 is 11.6 Å². The van der Waals surface area contributed by atoms with E-state index >= 15 is 0 Å². The van der Waals surface area contributed by atoms with Gasteiger partial charge in [0, 0.05) is 31.2 Å². The van der Waals surface area contributed by atoms with Crippen LogP contribution in [0.1, 0.15) is 19.5 Å². The van der Waals surface area contributed by atoms with Gasteiger partial charge in [-0.25, -0.2) is 0 Å². The first-order valence-electron chi connectivity index (χ1n) is 4.71. The summed E-state index contributed by atoms with van der Waals surface area (Å²) in [5, 5.41) is 4.33. The molecule has 1 heterocycles. The molecule has 0 amide bonds. The first kappa shape index (κ1) is 11.5. The van der Waals surface area contributed by atoms with Crippen molar-refractivity contribution in [2.45, 2.75) is 25.9 Å². The molecule has 0 radical (unpaired) electrons. The van der Waals surface area contributed by atoms with E-state index in [4.69, 9.17) is 11.6 Å². The van der Waals surface area contributed by atoms with Crippen LogP contribution in [0.2, 0.25) is 0 Å². The average Bonchev–Trinajstić information content (AvgIpc) is 2.51. The molecule has 0 atom stereocenters. The lowest BCUT2D eigenvalue weighted by Gasteiger charge is -2.33. The van der Waals surface area contributed by atoms with Gasteiger partial charge in [-0.15, -0.1) is 11.6 Å². The maximum atomic E-state index is 5.89. The van der Waals surface area contributed by atoms with E-state index in [0.29, 0.717) is 5.88 Å². The molecule has 4 heteroatoms. The molecule has 0 fully saturated rings. The van der Waals surface area contributed by atoms with Crippen LogP contribution in [-0.4, -0.2) is 33.1 Å². The van der Waals surface area contributed by atoms with Gasteiger partial charge < -0.3 is 0 Å². The average molecular weight is 216 g/mol. The van der Waals surface area contributed by atoms with E-state index in [1.165, 1.54) is 0 Å². The third kappa shape index (κ3) is 2.72. The van der Waals surface area contributed by atoms with E-state index in [1.807, 2.05) is 24.0 Å². The summed E-state index contributed by atoms with van der Waals surface area (Å²) in [6, 6.07) is 2.03. The van der Waals surface area contributed by atoms with Crippen molar-refractivity contribution in [2.75, 3.05) is 12.9 Å². The number of hydrogen-bond donors (Lipinski definition) is 0. The van der Waals surface area contributed by atoms with Gasteiger partial charge in [0.2, 0.25) is 0 Å². The summed E-state index contributed by atoms with van der Waals surface area (Å²) < 4.78 is 1.82. The van der Waals surface area contributed by atoms with Gasteiger partial charge in [-0.2, -0.15) is 5.10 Å². The third-order valence-electron chi connectivity index (χ3n) is 2.53. The molecule has 0 bridgehead atoms. The number of hydrogen-bond acceptors (Lipinski definition) is 2. The van der Waals surface area contributed by atoms with Crippen LogP contribution in [0.4, 0.5) is 0 Å². The molecule has 14 heavy (non-hydrogen) atoms. The molecule has 0 aliphatic heterocycles. The molecule has 1 rings (SSSR count). The summed E-state index contributed by atoms with van der Waals surface area (Å²) >= 11 is 5.89. The van der Waals surface area contributed by atoms with E-state index in [0.717, 1.165) is 12.2 Å². The minimum absolute atomic E-state index is 0.0130. The molecule has 3 nitrogen and oxygen atoms in total. The fourth-order valence-corrected chi connectivity index (χ4v) is 1.31. The zero-order chi connectivity index (χ0) is 10.8. The molecule has 0 saturated carbocycles. The summed E-state index contributed by atoms with van der Waals surface area (Å²) in [5.41, 5.74) is 1.09. The van der Waals surface area contributed by atoms with E-state index in [-0.39, 0.29) is 5.54 Å². The highest BCUT2D eigenvalue weighted by Crippen LogP contribution is 2.16. The van der Waals surface area contributed by atoms with Gasteiger partial charge in [0.25, 0.3) is 0 Å². The Morgan fingerprint density at radius 3 is 2.64 bits per heavy atom. The quantitative estimate of drug-likeness (QED) is 0.716. The van der Waals surface area contributed by atoms with Gasteiger partial charge in [0.05, 0.1) is 5.69 Å². The second-order valence-electron chi connectivity index (χ2n) is 4.28. The van der Waals surface area contributed by atoms with E-state index < -0.39 is 0 Å². The molecule has 80 valence electrons. The van der Waals surface area contributed by atoms with Crippen molar-refractivity contribution in [3.8, 4) is 0 Å². The highest BCUT2D eigenvalue weighted by Gasteiger charge is 2.22. The number of alkyl halides is 1. The number of rotatable bonds is 4. The molecule has 0 N–H and O–H groups in total. The second kappa shape index (κ2) is 4.32. The van der Waals surface area contributed by atoms with Crippen molar-refractivity contribution in [1.82, 2.24) is 14.7 Å². The van der Waals surface area contributed by atoms with E-state index in [9.17, 15) is 0 Å². The minimum atomic E-state index is 0.0130. The van der Waals surface area contributed by atoms with Crippen LogP contribution in [0.25, 0.3) is 0 Å². The van der Waals surface area contributed by atoms with Crippen LogP contribution < -0.4 is 0 Å². The zero-order valence-corrected chi connectivity index (χ0v) is 10.0. The summed E-state index contributed by atoms with van der Waals surface area (Å²) in [6.07, 6.45) is 1.96. The Hall–Kier alpha value is -0.540. The van der Waals surface area contributed by atoms with Gasteiger partial charge in [-0.1, -0.05) is 0 Å². The molecular weight excluding hydrogens is 198 g/mol. The summed E-state index contributed by atoms with van der Waals surface area (Å²) in [4.78, 5) is 2.21. The molecule has 0 aliphatic rings. The first-order chi connectivity index (χ1) is 6.45. The largest absolute Gasteiger partial charge is 0.294 e. The van der Waals surface area contributed by atoms with Gasteiger partial charge in [-0.05, 0) is 27.0 Å². The summed E-state index contributed by atoms with van der Waals surface area (Å²) in [5.74, 6) is 0.621. The maximum absolute atomic E-state index is 5.89. The van der Waals surface area contributed by atoms with Crippen molar-refractivity contribution in [2.24, 2.45) is 7.05 Å². The number of aromatic nitrogens is 2. The highest BCUT2D eigenvalue weighted by atomic mass is 35.5. The Kier molecular flexibility index (Phi) is 3.56. The van der Waals surface area contributed by atoms with Crippen LogP contribution in [-0.2, 0) is 13.6 Å². The van der Waals surface area contributed by atoms with Gasteiger partial charge in [0.1, 0.15) is 0 Å². The fourth-order valence-electron chi connectivity index (χ4n) is 1.11. The molecule has 1 aromatic heterocycles. The lowest BCUT2D eigenvalue weighted by molar-refractivity contribution is 0.168.